The second kappa shape index (κ2) is 5.40. The second-order valence-electron chi connectivity index (χ2n) is 4.80. The number of nitrogens with zero attached hydrogens (tertiary/aromatic N) is 2. The number of amides is 1. The minimum absolute atomic E-state index is 0.128. The fourth-order valence-corrected chi connectivity index (χ4v) is 2.36. The summed E-state index contributed by atoms with van der Waals surface area (Å²) in [5, 5.41) is 0. The number of likely N-dealkylation sites (N-methyl/N-ethyl adjacent to an activating group) is 1. The van der Waals surface area contributed by atoms with E-state index in [1.54, 1.807) is 6.07 Å². The van der Waals surface area contributed by atoms with Crippen LogP contribution in [0, 0.1) is 6.92 Å². The van der Waals surface area contributed by atoms with Crippen molar-refractivity contribution in [1.29, 1.82) is 0 Å². The summed E-state index contributed by atoms with van der Waals surface area (Å²) in [6.45, 7) is 8.72. The molecule has 0 unspecified atom stereocenters. The quantitative estimate of drug-likeness (QED) is 0.803. The van der Waals surface area contributed by atoms with Crippen LogP contribution in [0.3, 0.4) is 0 Å². The summed E-state index contributed by atoms with van der Waals surface area (Å²) in [5.74, 6) is 0.128. The van der Waals surface area contributed by atoms with Gasteiger partial charge in [-0.25, -0.2) is 0 Å². The Kier molecular flexibility index (Phi) is 3.87. The molecular weight excluding hydrogens is 226 g/mol. The normalized spacial score (nSPS) is 16.9. The summed E-state index contributed by atoms with van der Waals surface area (Å²) in [5.41, 5.74) is 8.15. The van der Waals surface area contributed by atoms with E-state index in [9.17, 15) is 4.79 Å². The van der Waals surface area contributed by atoms with Crippen molar-refractivity contribution in [2.24, 2.45) is 0 Å². The molecule has 0 atom stereocenters. The third-order valence-corrected chi connectivity index (χ3v) is 3.59. The fraction of sp³-hybridized carbons (Fsp3) is 0.500. The largest absolute Gasteiger partial charge is 0.399 e. The highest BCUT2D eigenvalue weighted by Crippen LogP contribution is 2.15. The maximum absolute atomic E-state index is 12.4. The summed E-state index contributed by atoms with van der Waals surface area (Å²) in [7, 11) is 0. The number of carbonyl (C=O) groups excluding carboxylic acids is 1. The van der Waals surface area contributed by atoms with Crippen molar-refractivity contribution in [3.63, 3.8) is 0 Å². The molecule has 98 valence electrons. The van der Waals surface area contributed by atoms with E-state index in [1.807, 2.05) is 24.0 Å². The van der Waals surface area contributed by atoms with Gasteiger partial charge in [0, 0.05) is 37.4 Å². The SMILES string of the molecule is CCN1CCN(C(=O)c2ccc(N)cc2C)CC1. The van der Waals surface area contributed by atoms with Crippen molar-refractivity contribution in [3.05, 3.63) is 29.3 Å². The Labute approximate surface area is 108 Å². The molecule has 0 radical (unpaired) electrons. The predicted molar refractivity (Wildman–Crippen MR) is 73.6 cm³/mol. The zero-order chi connectivity index (χ0) is 13.1. The molecule has 0 saturated carbocycles. The number of carbonyl (C=O) groups is 1. The van der Waals surface area contributed by atoms with Gasteiger partial charge in [0.1, 0.15) is 0 Å². The first kappa shape index (κ1) is 12.9. The van der Waals surface area contributed by atoms with Crippen molar-refractivity contribution in [3.8, 4) is 0 Å². The fourth-order valence-electron chi connectivity index (χ4n) is 2.36. The first-order chi connectivity index (χ1) is 8.61. The van der Waals surface area contributed by atoms with Gasteiger partial charge in [-0.2, -0.15) is 0 Å². The molecule has 4 nitrogen and oxygen atoms in total. The van der Waals surface area contributed by atoms with Gasteiger partial charge in [-0.05, 0) is 37.2 Å². The number of hydrogen-bond donors (Lipinski definition) is 1. The topological polar surface area (TPSA) is 49.6 Å². The predicted octanol–water partition coefficient (Wildman–Crippen LogP) is 1.35. The summed E-state index contributed by atoms with van der Waals surface area (Å²) in [6.07, 6.45) is 0. The third-order valence-electron chi connectivity index (χ3n) is 3.59. The van der Waals surface area contributed by atoms with Crippen molar-refractivity contribution < 1.29 is 4.79 Å². The van der Waals surface area contributed by atoms with Crippen LogP contribution in [0.1, 0.15) is 22.8 Å². The van der Waals surface area contributed by atoms with Gasteiger partial charge in [0.25, 0.3) is 5.91 Å². The summed E-state index contributed by atoms with van der Waals surface area (Å²) >= 11 is 0. The van der Waals surface area contributed by atoms with Crippen LogP contribution in [0.2, 0.25) is 0 Å². The van der Waals surface area contributed by atoms with Gasteiger partial charge < -0.3 is 15.5 Å². The van der Waals surface area contributed by atoms with Gasteiger partial charge in [0.05, 0.1) is 0 Å². The second-order valence-corrected chi connectivity index (χ2v) is 4.80. The molecule has 1 aliphatic heterocycles. The van der Waals surface area contributed by atoms with Gasteiger partial charge in [-0.3, -0.25) is 4.79 Å². The lowest BCUT2D eigenvalue weighted by molar-refractivity contribution is 0.0642. The molecule has 1 aliphatic rings. The molecule has 0 spiro atoms. The lowest BCUT2D eigenvalue weighted by Crippen LogP contribution is -2.48. The van der Waals surface area contributed by atoms with Crippen LogP contribution in [0.5, 0.6) is 0 Å². The van der Waals surface area contributed by atoms with Crippen LogP contribution in [-0.4, -0.2) is 48.4 Å². The Balaban J connectivity index is 2.08. The molecule has 1 saturated heterocycles. The molecule has 18 heavy (non-hydrogen) atoms. The average molecular weight is 247 g/mol. The van der Waals surface area contributed by atoms with Crippen LogP contribution in [-0.2, 0) is 0 Å². The van der Waals surface area contributed by atoms with Crippen molar-refractivity contribution in [2.45, 2.75) is 13.8 Å². The molecule has 1 aromatic rings. The highest BCUT2D eigenvalue weighted by Gasteiger charge is 2.22. The summed E-state index contributed by atoms with van der Waals surface area (Å²) in [6, 6.07) is 5.48. The number of rotatable bonds is 2. The number of nitrogen functional groups attached to an aromatic ring is 1. The number of piperazine rings is 1. The third kappa shape index (κ3) is 2.64. The molecule has 0 aliphatic carbocycles. The van der Waals surface area contributed by atoms with Gasteiger partial charge >= 0.3 is 0 Å². The highest BCUT2D eigenvalue weighted by molar-refractivity contribution is 5.96. The summed E-state index contributed by atoms with van der Waals surface area (Å²) in [4.78, 5) is 16.7. The van der Waals surface area contributed by atoms with E-state index in [4.69, 9.17) is 5.73 Å². The van der Waals surface area contributed by atoms with Crippen molar-refractivity contribution in [2.75, 3.05) is 38.5 Å². The van der Waals surface area contributed by atoms with Gasteiger partial charge in [0.2, 0.25) is 0 Å². The maximum Gasteiger partial charge on any atom is 0.254 e. The first-order valence-electron chi connectivity index (χ1n) is 6.49. The zero-order valence-corrected chi connectivity index (χ0v) is 11.1. The number of benzene rings is 1. The molecular formula is C14H21N3O. The molecule has 2 N–H and O–H groups in total. The van der Waals surface area contributed by atoms with Crippen LogP contribution in [0.15, 0.2) is 18.2 Å². The van der Waals surface area contributed by atoms with E-state index in [2.05, 4.69) is 11.8 Å². The molecule has 1 fully saturated rings. The van der Waals surface area contributed by atoms with Crippen LogP contribution in [0.25, 0.3) is 0 Å². The monoisotopic (exact) mass is 247 g/mol. The molecule has 1 amide bonds. The molecule has 1 heterocycles. The zero-order valence-electron chi connectivity index (χ0n) is 11.1. The maximum atomic E-state index is 12.4. The Morgan fingerprint density at radius 3 is 2.50 bits per heavy atom. The number of aryl methyl sites for hydroxylation is 1. The Morgan fingerprint density at radius 2 is 1.94 bits per heavy atom. The van der Waals surface area contributed by atoms with Crippen LogP contribution in [0.4, 0.5) is 5.69 Å². The van der Waals surface area contributed by atoms with E-state index < -0.39 is 0 Å². The van der Waals surface area contributed by atoms with E-state index in [0.717, 1.165) is 43.9 Å². The smallest absolute Gasteiger partial charge is 0.254 e. The molecule has 2 rings (SSSR count). The highest BCUT2D eigenvalue weighted by atomic mass is 16.2. The lowest BCUT2D eigenvalue weighted by atomic mass is 10.1. The number of anilines is 1. The molecule has 1 aromatic carbocycles. The lowest BCUT2D eigenvalue weighted by Gasteiger charge is -2.34. The van der Waals surface area contributed by atoms with E-state index in [1.165, 1.54) is 0 Å². The van der Waals surface area contributed by atoms with Crippen LogP contribution < -0.4 is 5.73 Å². The average Bonchev–Trinajstić information content (AvgIpc) is 2.38. The Bertz CT molecular complexity index is 437. The number of hydrogen-bond acceptors (Lipinski definition) is 3. The number of nitrogens with two attached hydrogens (primary N) is 1. The Hall–Kier alpha value is -1.55. The molecule has 0 aromatic heterocycles. The van der Waals surface area contributed by atoms with E-state index in [-0.39, 0.29) is 5.91 Å². The van der Waals surface area contributed by atoms with E-state index in [0.29, 0.717) is 5.69 Å². The standard InChI is InChI=1S/C14H21N3O/c1-3-16-6-8-17(9-7-16)14(18)13-5-4-12(15)10-11(13)2/h4-5,10H,3,6-9,15H2,1-2H3. The van der Waals surface area contributed by atoms with Gasteiger partial charge in [0.15, 0.2) is 0 Å². The van der Waals surface area contributed by atoms with E-state index >= 15 is 0 Å². The van der Waals surface area contributed by atoms with Crippen molar-refractivity contribution in [1.82, 2.24) is 9.80 Å². The van der Waals surface area contributed by atoms with Gasteiger partial charge in [-0.1, -0.05) is 6.92 Å². The minimum Gasteiger partial charge on any atom is -0.399 e. The Morgan fingerprint density at radius 1 is 1.28 bits per heavy atom. The van der Waals surface area contributed by atoms with Crippen molar-refractivity contribution >= 4 is 11.6 Å². The summed E-state index contributed by atoms with van der Waals surface area (Å²) < 4.78 is 0. The molecule has 4 heteroatoms. The van der Waals surface area contributed by atoms with Crippen LogP contribution >= 0.6 is 0 Å². The molecule has 0 bridgehead atoms. The minimum atomic E-state index is 0.128. The van der Waals surface area contributed by atoms with Gasteiger partial charge in [-0.15, -0.1) is 0 Å². The first-order valence-corrected chi connectivity index (χ1v) is 6.49.